The molecule has 2 aliphatic rings. The molecular weight excluding hydrogens is 262 g/mol. The van der Waals surface area contributed by atoms with Gasteiger partial charge in [0.05, 0.1) is 12.2 Å². The van der Waals surface area contributed by atoms with Crippen LogP contribution in [0.5, 0.6) is 0 Å². The SMILES string of the molecule is NCC(c1ccc(C(F)F)cc1)N1CC2CCC(C1)O2. The fourth-order valence-corrected chi connectivity index (χ4v) is 3.26. The van der Waals surface area contributed by atoms with Gasteiger partial charge < -0.3 is 10.5 Å². The second kappa shape index (κ2) is 5.76. The monoisotopic (exact) mass is 282 g/mol. The molecule has 3 atom stereocenters. The van der Waals surface area contributed by atoms with Crippen molar-refractivity contribution < 1.29 is 13.5 Å². The van der Waals surface area contributed by atoms with E-state index >= 15 is 0 Å². The van der Waals surface area contributed by atoms with Crippen molar-refractivity contribution in [1.29, 1.82) is 0 Å². The second-order valence-corrected chi connectivity index (χ2v) is 5.63. The Morgan fingerprint density at radius 2 is 1.65 bits per heavy atom. The molecule has 2 bridgehead atoms. The molecule has 2 heterocycles. The zero-order chi connectivity index (χ0) is 14.1. The zero-order valence-corrected chi connectivity index (χ0v) is 11.3. The summed E-state index contributed by atoms with van der Waals surface area (Å²) in [6, 6.07) is 6.64. The number of nitrogens with zero attached hydrogens (tertiary/aromatic N) is 1. The van der Waals surface area contributed by atoms with Crippen molar-refractivity contribution in [3.05, 3.63) is 35.4 Å². The normalized spacial score (nSPS) is 28.0. The van der Waals surface area contributed by atoms with E-state index in [2.05, 4.69) is 4.90 Å². The summed E-state index contributed by atoms with van der Waals surface area (Å²) < 4.78 is 31.0. The Balaban J connectivity index is 1.75. The van der Waals surface area contributed by atoms with Crippen LogP contribution in [0.3, 0.4) is 0 Å². The summed E-state index contributed by atoms with van der Waals surface area (Å²) in [5, 5.41) is 0. The first-order valence-corrected chi connectivity index (χ1v) is 7.15. The van der Waals surface area contributed by atoms with E-state index < -0.39 is 6.43 Å². The molecule has 0 radical (unpaired) electrons. The van der Waals surface area contributed by atoms with Crippen LogP contribution in [0.2, 0.25) is 0 Å². The lowest BCUT2D eigenvalue weighted by molar-refractivity contribution is -0.0521. The topological polar surface area (TPSA) is 38.5 Å². The molecule has 0 saturated carbocycles. The number of benzene rings is 1. The summed E-state index contributed by atoms with van der Waals surface area (Å²) in [4.78, 5) is 2.34. The van der Waals surface area contributed by atoms with Crippen LogP contribution >= 0.6 is 0 Å². The van der Waals surface area contributed by atoms with Crippen molar-refractivity contribution in [1.82, 2.24) is 4.90 Å². The second-order valence-electron chi connectivity index (χ2n) is 5.63. The molecule has 3 rings (SSSR count). The number of halogens is 2. The van der Waals surface area contributed by atoms with Crippen LogP contribution in [0.25, 0.3) is 0 Å². The van der Waals surface area contributed by atoms with Crippen LogP contribution in [0.1, 0.15) is 36.4 Å². The third-order valence-electron chi connectivity index (χ3n) is 4.31. The van der Waals surface area contributed by atoms with Gasteiger partial charge >= 0.3 is 0 Å². The highest BCUT2D eigenvalue weighted by Gasteiger charge is 2.36. The fourth-order valence-electron chi connectivity index (χ4n) is 3.26. The highest BCUT2D eigenvalue weighted by Crippen LogP contribution is 2.32. The highest BCUT2D eigenvalue weighted by atomic mass is 19.3. The maximum absolute atomic E-state index is 12.6. The number of fused-ring (bicyclic) bond motifs is 2. The lowest BCUT2D eigenvalue weighted by atomic mass is 10.0. The highest BCUT2D eigenvalue weighted by molar-refractivity contribution is 5.26. The Kier molecular flexibility index (Phi) is 4.01. The molecule has 0 spiro atoms. The van der Waals surface area contributed by atoms with Gasteiger partial charge in [-0.2, -0.15) is 0 Å². The maximum Gasteiger partial charge on any atom is 0.263 e. The Bertz CT molecular complexity index is 440. The molecule has 1 aromatic carbocycles. The van der Waals surface area contributed by atoms with Gasteiger partial charge in [-0.3, -0.25) is 4.90 Å². The Hall–Kier alpha value is -1.04. The minimum absolute atomic E-state index is 0.0616. The maximum atomic E-state index is 12.6. The number of likely N-dealkylation sites (tertiary alicyclic amines) is 1. The quantitative estimate of drug-likeness (QED) is 0.922. The largest absolute Gasteiger partial charge is 0.372 e. The van der Waals surface area contributed by atoms with E-state index in [0.29, 0.717) is 18.8 Å². The van der Waals surface area contributed by atoms with Gasteiger partial charge in [-0.15, -0.1) is 0 Å². The van der Waals surface area contributed by atoms with Crippen molar-refractivity contribution >= 4 is 0 Å². The Morgan fingerprint density at radius 1 is 1.10 bits per heavy atom. The van der Waals surface area contributed by atoms with Gasteiger partial charge in [-0.25, -0.2) is 8.78 Å². The van der Waals surface area contributed by atoms with Crippen molar-refractivity contribution in [2.75, 3.05) is 19.6 Å². The molecule has 2 N–H and O–H groups in total. The average molecular weight is 282 g/mol. The summed E-state index contributed by atoms with van der Waals surface area (Å²) in [6.45, 7) is 2.26. The first-order valence-electron chi connectivity index (χ1n) is 7.15. The van der Waals surface area contributed by atoms with Crippen LogP contribution in [-0.2, 0) is 4.74 Å². The van der Waals surface area contributed by atoms with Gasteiger partial charge in [0.15, 0.2) is 0 Å². The summed E-state index contributed by atoms with van der Waals surface area (Å²) in [7, 11) is 0. The van der Waals surface area contributed by atoms with Gasteiger partial charge in [0.25, 0.3) is 6.43 Å². The van der Waals surface area contributed by atoms with E-state index in [9.17, 15) is 8.78 Å². The molecule has 5 heteroatoms. The third kappa shape index (κ3) is 2.71. The number of nitrogens with two attached hydrogens (primary N) is 1. The minimum atomic E-state index is -2.42. The summed E-state index contributed by atoms with van der Waals surface area (Å²) in [5.74, 6) is 0. The lowest BCUT2D eigenvalue weighted by Gasteiger charge is -2.37. The van der Waals surface area contributed by atoms with Crippen LogP contribution in [0.4, 0.5) is 8.78 Å². The molecule has 20 heavy (non-hydrogen) atoms. The lowest BCUT2D eigenvalue weighted by Crippen LogP contribution is -2.46. The van der Waals surface area contributed by atoms with E-state index in [1.807, 2.05) is 0 Å². The molecule has 0 aromatic heterocycles. The predicted molar refractivity (Wildman–Crippen MR) is 72.7 cm³/mol. The van der Waals surface area contributed by atoms with E-state index in [4.69, 9.17) is 10.5 Å². The molecular formula is C15H20F2N2O. The van der Waals surface area contributed by atoms with E-state index in [-0.39, 0.29) is 11.6 Å². The number of hydrogen-bond acceptors (Lipinski definition) is 3. The molecule has 1 aromatic rings. The molecule has 2 saturated heterocycles. The summed E-state index contributed by atoms with van der Waals surface area (Å²) in [6.07, 6.45) is 0.428. The number of morpholine rings is 1. The number of rotatable bonds is 4. The van der Waals surface area contributed by atoms with E-state index in [1.165, 1.54) is 12.1 Å². The predicted octanol–water partition coefficient (Wildman–Crippen LogP) is 2.49. The van der Waals surface area contributed by atoms with E-state index in [0.717, 1.165) is 31.5 Å². The van der Waals surface area contributed by atoms with E-state index in [1.54, 1.807) is 12.1 Å². The minimum Gasteiger partial charge on any atom is -0.372 e. The van der Waals surface area contributed by atoms with Crippen LogP contribution in [0, 0.1) is 0 Å². The third-order valence-corrected chi connectivity index (χ3v) is 4.31. The number of hydrogen-bond donors (Lipinski definition) is 1. The van der Waals surface area contributed by atoms with Crippen molar-refractivity contribution in [3.8, 4) is 0 Å². The fraction of sp³-hybridized carbons (Fsp3) is 0.600. The van der Waals surface area contributed by atoms with Gasteiger partial charge in [0, 0.05) is 31.2 Å². The standard InChI is InChI=1S/C15H20F2N2O/c16-15(17)11-3-1-10(2-4-11)14(7-18)19-8-12-5-6-13(9-19)20-12/h1-4,12-15H,5-9,18H2. The molecule has 2 aliphatic heterocycles. The van der Waals surface area contributed by atoms with Crippen LogP contribution in [0.15, 0.2) is 24.3 Å². The van der Waals surface area contributed by atoms with Crippen molar-refractivity contribution in [2.24, 2.45) is 5.73 Å². The van der Waals surface area contributed by atoms with Gasteiger partial charge in [-0.05, 0) is 18.4 Å². The number of alkyl halides is 2. The van der Waals surface area contributed by atoms with Crippen molar-refractivity contribution in [3.63, 3.8) is 0 Å². The molecule has 0 aliphatic carbocycles. The number of ether oxygens (including phenoxy) is 1. The Labute approximate surface area is 117 Å². The average Bonchev–Trinajstić information content (AvgIpc) is 2.79. The molecule has 3 nitrogen and oxygen atoms in total. The van der Waals surface area contributed by atoms with Gasteiger partial charge in [0.1, 0.15) is 0 Å². The first-order chi connectivity index (χ1) is 9.67. The Morgan fingerprint density at radius 3 is 2.15 bits per heavy atom. The van der Waals surface area contributed by atoms with Crippen molar-refractivity contribution in [2.45, 2.75) is 37.5 Å². The van der Waals surface area contributed by atoms with Crippen LogP contribution in [-0.4, -0.2) is 36.7 Å². The van der Waals surface area contributed by atoms with Gasteiger partial charge in [0.2, 0.25) is 0 Å². The van der Waals surface area contributed by atoms with Crippen LogP contribution < -0.4 is 5.73 Å². The smallest absolute Gasteiger partial charge is 0.263 e. The summed E-state index contributed by atoms with van der Waals surface area (Å²) >= 11 is 0. The molecule has 110 valence electrons. The molecule has 2 fully saturated rings. The molecule has 3 unspecified atom stereocenters. The first kappa shape index (κ1) is 13.9. The molecule has 0 amide bonds. The zero-order valence-electron chi connectivity index (χ0n) is 11.3. The van der Waals surface area contributed by atoms with Gasteiger partial charge in [-0.1, -0.05) is 24.3 Å². The summed E-state index contributed by atoms with van der Waals surface area (Å²) in [5.41, 5.74) is 6.99.